The lowest BCUT2D eigenvalue weighted by Crippen LogP contribution is -2.45. The largest absolute Gasteiger partial charge is 0.491 e. The molecule has 0 spiro atoms. The summed E-state index contributed by atoms with van der Waals surface area (Å²) in [5, 5.41) is 10.1. The van der Waals surface area contributed by atoms with Gasteiger partial charge in [-0.1, -0.05) is 0 Å². The molecule has 6 nitrogen and oxygen atoms in total. The maximum absolute atomic E-state index is 10.9. The number of carboxylic acids is 1. The van der Waals surface area contributed by atoms with Gasteiger partial charge in [0.2, 0.25) is 0 Å². The molecule has 0 aliphatic carbocycles. The molecule has 0 atom stereocenters. The summed E-state index contributed by atoms with van der Waals surface area (Å²) >= 11 is 0. The second kappa shape index (κ2) is 7.91. The standard InChI is InChI=1S/C20H27N3O3/c1-14(2)26-16-4-5-18-17(12-16)19(6-9-21-18)23-10-7-15(8-11-23)22(3)13-20(24)25/h4-6,9,12,14-15H,7-8,10-11,13H2,1-3H3,(H,24,25). The van der Waals surface area contributed by atoms with E-state index in [1.54, 1.807) is 0 Å². The Bertz CT molecular complexity index is 770. The Kier molecular flexibility index (Phi) is 5.61. The van der Waals surface area contributed by atoms with E-state index >= 15 is 0 Å². The lowest BCUT2D eigenvalue weighted by Gasteiger charge is -2.37. The third kappa shape index (κ3) is 4.25. The van der Waals surface area contributed by atoms with Crippen molar-refractivity contribution in [2.24, 2.45) is 0 Å². The Morgan fingerprint density at radius 2 is 2.08 bits per heavy atom. The number of hydrogen-bond donors (Lipinski definition) is 1. The number of aliphatic carboxylic acids is 1. The first-order chi connectivity index (χ1) is 12.4. The maximum Gasteiger partial charge on any atom is 0.317 e. The molecule has 26 heavy (non-hydrogen) atoms. The molecule has 140 valence electrons. The molecule has 0 saturated carbocycles. The molecule has 1 aromatic carbocycles. The minimum Gasteiger partial charge on any atom is -0.491 e. The molecule has 1 saturated heterocycles. The third-order valence-electron chi connectivity index (χ3n) is 4.87. The topological polar surface area (TPSA) is 65.9 Å². The van der Waals surface area contributed by atoms with Crippen LogP contribution in [-0.2, 0) is 4.79 Å². The summed E-state index contributed by atoms with van der Waals surface area (Å²) in [6, 6.07) is 8.41. The molecule has 1 aliphatic rings. The summed E-state index contributed by atoms with van der Waals surface area (Å²) in [6.45, 7) is 5.95. The molecule has 0 bridgehead atoms. The number of pyridine rings is 1. The number of rotatable bonds is 6. The summed E-state index contributed by atoms with van der Waals surface area (Å²) in [6.07, 6.45) is 3.89. The van der Waals surface area contributed by atoms with Gasteiger partial charge in [0.05, 0.1) is 18.2 Å². The highest BCUT2D eigenvalue weighted by Gasteiger charge is 2.24. The van der Waals surface area contributed by atoms with E-state index in [2.05, 4.69) is 22.0 Å². The van der Waals surface area contributed by atoms with Crippen LogP contribution in [0.2, 0.25) is 0 Å². The molecule has 2 heterocycles. The van der Waals surface area contributed by atoms with E-state index in [4.69, 9.17) is 9.84 Å². The number of likely N-dealkylation sites (N-methyl/N-ethyl adjacent to an activating group) is 1. The van der Waals surface area contributed by atoms with Crippen molar-refractivity contribution in [3.8, 4) is 5.75 Å². The number of benzene rings is 1. The number of hydrogen-bond acceptors (Lipinski definition) is 5. The number of nitrogens with zero attached hydrogens (tertiary/aromatic N) is 3. The third-order valence-corrected chi connectivity index (χ3v) is 4.87. The highest BCUT2D eigenvalue weighted by molar-refractivity contribution is 5.92. The summed E-state index contributed by atoms with van der Waals surface area (Å²) < 4.78 is 5.84. The number of aromatic nitrogens is 1. The van der Waals surface area contributed by atoms with Crippen LogP contribution in [0.3, 0.4) is 0 Å². The zero-order chi connectivity index (χ0) is 18.7. The molecule has 0 unspecified atom stereocenters. The molecule has 6 heteroatoms. The first-order valence-corrected chi connectivity index (χ1v) is 9.16. The SMILES string of the molecule is CC(C)Oc1ccc2nccc(N3CCC(N(C)CC(=O)O)CC3)c2c1. The van der Waals surface area contributed by atoms with Crippen molar-refractivity contribution in [1.29, 1.82) is 0 Å². The number of piperidine rings is 1. The minimum absolute atomic E-state index is 0.0960. The Hall–Kier alpha value is -2.34. The molecule has 2 aromatic rings. The normalized spacial score (nSPS) is 15.8. The fourth-order valence-electron chi connectivity index (χ4n) is 3.62. The zero-order valence-corrected chi connectivity index (χ0v) is 15.7. The van der Waals surface area contributed by atoms with Gasteiger partial charge in [0.1, 0.15) is 5.75 Å². The Labute approximate surface area is 154 Å². The predicted molar refractivity (Wildman–Crippen MR) is 103 cm³/mol. The molecule has 1 aromatic heterocycles. The quantitative estimate of drug-likeness (QED) is 0.857. The smallest absolute Gasteiger partial charge is 0.317 e. The van der Waals surface area contributed by atoms with E-state index in [0.717, 1.165) is 42.6 Å². The van der Waals surface area contributed by atoms with Crippen LogP contribution in [0.5, 0.6) is 5.75 Å². The monoisotopic (exact) mass is 357 g/mol. The summed E-state index contributed by atoms with van der Waals surface area (Å²) in [5.74, 6) is 0.0885. The predicted octanol–water partition coefficient (Wildman–Crippen LogP) is 3.01. The van der Waals surface area contributed by atoms with Crippen molar-refractivity contribution in [3.63, 3.8) is 0 Å². The average molecular weight is 357 g/mol. The molecule has 3 rings (SSSR count). The molecule has 1 fully saturated rings. The van der Waals surface area contributed by atoms with Gasteiger partial charge in [0, 0.05) is 36.4 Å². The van der Waals surface area contributed by atoms with E-state index in [1.165, 1.54) is 5.69 Å². The van der Waals surface area contributed by atoms with Crippen LogP contribution in [0.15, 0.2) is 30.5 Å². The molecule has 1 aliphatic heterocycles. The lowest BCUT2D eigenvalue weighted by atomic mass is 10.0. The van der Waals surface area contributed by atoms with Gasteiger partial charge in [0.25, 0.3) is 0 Å². The van der Waals surface area contributed by atoms with Crippen molar-refractivity contribution in [1.82, 2.24) is 9.88 Å². The second-order valence-electron chi connectivity index (χ2n) is 7.20. The van der Waals surface area contributed by atoms with Crippen molar-refractivity contribution >= 4 is 22.6 Å². The van der Waals surface area contributed by atoms with Gasteiger partial charge >= 0.3 is 5.97 Å². The molecule has 0 radical (unpaired) electrons. The van der Waals surface area contributed by atoms with Gasteiger partial charge in [-0.3, -0.25) is 14.7 Å². The summed E-state index contributed by atoms with van der Waals surface area (Å²) in [7, 11) is 1.89. The molecule has 0 amide bonds. The van der Waals surface area contributed by atoms with Gasteiger partial charge in [-0.2, -0.15) is 0 Å². The fraction of sp³-hybridized carbons (Fsp3) is 0.500. The first-order valence-electron chi connectivity index (χ1n) is 9.16. The van der Waals surface area contributed by atoms with Crippen molar-refractivity contribution < 1.29 is 14.6 Å². The molecular formula is C20H27N3O3. The summed E-state index contributed by atoms with van der Waals surface area (Å²) in [5.41, 5.74) is 2.13. The lowest BCUT2D eigenvalue weighted by molar-refractivity contribution is -0.138. The highest BCUT2D eigenvalue weighted by atomic mass is 16.5. The Morgan fingerprint density at radius 3 is 2.73 bits per heavy atom. The number of anilines is 1. The second-order valence-corrected chi connectivity index (χ2v) is 7.20. The van der Waals surface area contributed by atoms with Crippen LogP contribution in [0.4, 0.5) is 5.69 Å². The maximum atomic E-state index is 10.9. The van der Waals surface area contributed by atoms with Gasteiger partial charge in [-0.15, -0.1) is 0 Å². The van der Waals surface area contributed by atoms with E-state index in [9.17, 15) is 4.79 Å². The van der Waals surface area contributed by atoms with E-state index in [0.29, 0.717) is 6.04 Å². The first kappa shape index (κ1) is 18.5. The fourth-order valence-corrected chi connectivity index (χ4v) is 3.62. The number of fused-ring (bicyclic) bond motifs is 1. The van der Waals surface area contributed by atoms with Gasteiger partial charge in [0.15, 0.2) is 0 Å². The zero-order valence-electron chi connectivity index (χ0n) is 15.7. The number of carbonyl (C=O) groups is 1. The van der Waals surface area contributed by atoms with E-state index < -0.39 is 5.97 Å². The number of ether oxygens (including phenoxy) is 1. The average Bonchev–Trinajstić information content (AvgIpc) is 2.60. The number of carboxylic acid groups (broad SMARTS) is 1. The van der Waals surface area contributed by atoms with Gasteiger partial charge in [-0.05, 0) is 58.0 Å². The van der Waals surface area contributed by atoms with Crippen LogP contribution in [0.1, 0.15) is 26.7 Å². The van der Waals surface area contributed by atoms with Crippen molar-refractivity contribution in [2.45, 2.75) is 38.8 Å². The van der Waals surface area contributed by atoms with Crippen LogP contribution in [0, 0.1) is 0 Å². The molecule has 1 N–H and O–H groups in total. The highest BCUT2D eigenvalue weighted by Crippen LogP contribution is 2.31. The summed E-state index contributed by atoms with van der Waals surface area (Å²) in [4.78, 5) is 19.7. The Balaban J connectivity index is 1.77. The van der Waals surface area contributed by atoms with Crippen LogP contribution in [-0.4, -0.2) is 59.8 Å². The van der Waals surface area contributed by atoms with E-state index in [-0.39, 0.29) is 12.6 Å². The van der Waals surface area contributed by atoms with Gasteiger partial charge < -0.3 is 14.7 Å². The van der Waals surface area contributed by atoms with Crippen molar-refractivity contribution in [3.05, 3.63) is 30.5 Å². The van der Waals surface area contributed by atoms with Gasteiger partial charge in [-0.25, -0.2) is 0 Å². The van der Waals surface area contributed by atoms with Crippen molar-refractivity contribution in [2.75, 3.05) is 31.6 Å². The van der Waals surface area contributed by atoms with E-state index in [1.807, 2.05) is 44.1 Å². The van der Waals surface area contributed by atoms with Crippen LogP contribution < -0.4 is 9.64 Å². The molecular weight excluding hydrogens is 330 g/mol. The minimum atomic E-state index is -0.771. The van der Waals surface area contributed by atoms with Crippen LogP contribution >= 0.6 is 0 Å². The van der Waals surface area contributed by atoms with Crippen LogP contribution in [0.25, 0.3) is 10.9 Å². The Morgan fingerprint density at radius 1 is 1.35 bits per heavy atom.